The molecule has 1 radical (unpaired) electrons. The Hall–Kier alpha value is 1.22. The van der Waals surface area contributed by atoms with E-state index >= 15 is 0 Å². The van der Waals surface area contributed by atoms with Gasteiger partial charge >= 0.3 is 21.1 Å². The molecule has 0 amide bonds. The van der Waals surface area contributed by atoms with Crippen LogP contribution in [-0.2, 0) is 58.6 Å². The van der Waals surface area contributed by atoms with Crippen LogP contribution in [0, 0.1) is 14.0 Å². The summed E-state index contributed by atoms with van der Waals surface area (Å²) in [5.41, 5.74) is -1.15. The normalized spacial score (nSPS) is 13.9. The van der Waals surface area contributed by atoms with Crippen LogP contribution >= 0.6 is 0 Å². The van der Waals surface area contributed by atoms with Crippen LogP contribution in [0.25, 0.3) is 0 Å². The minimum Gasteiger partial charge on any atom is -0.484 e. The van der Waals surface area contributed by atoms with E-state index in [2.05, 4.69) is 19.3 Å². The zero-order chi connectivity index (χ0) is 6.78. The van der Waals surface area contributed by atoms with Gasteiger partial charge in [-0.3, -0.25) is 11.8 Å². The van der Waals surface area contributed by atoms with Gasteiger partial charge in [0.25, 0.3) is 5.97 Å². The summed E-state index contributed by atoms with van der Waals surface area (Å²) in [5, 5.41) is 10.6. The summed E-state index contributed by atoms with van der Waals surface area (Å²) in [5.74, 6) is -1.01. The fourth-order valence-corrected chi connectivity index (χ4v) is 0.0756. The molecule has 10 heavy (non-hydrogen) atoms. The van der Waals surface area contributed by atoms with Crippen molar-refractivity contribution in [3.05, 3.63) is 14.0 Å². The van der Waals surface area contributed by atoms with Gasteiger partial charge in [-0.1, -0.05) is 6.92 Å². The van der Waals surface area contributed by atoms with Crippen LogP contribution in [0.5, 0.6) is 0 Å². The monoisotopic (exact) mass is 388 g/mol. The van der Waals surface area contributed by atoms with Gasteiger partial charge in [0.15, 0.2) is 0 Å². The molecule has 55 valence electrons. The predicted molar refractivity (Wildman–Crippen MR) is 29.9 cm³/mol. The summed E-state index contributed by atoms with van der Waals surface area (Å²) in [6.45, 7) is 4.75. The van der Waals surface area contributed by atoms with Gasteiger partial charge in [0, 0.05) is 32.7 Å². The van der Waals surface area contributed by atoms with Crippen LogP contribution in [0.3, 0.4) is 0 Å². The number of hydrogen-bond donors (Lipinski definition) is 2. The largest absolute Gasteiger partial charge is 2.00 e. The van der Waals surface area contributed by atoms with E-state index < -0.39 is 11.5 Å². The molecule has 3 nitrogen and oxygen atoms in total. The van der Waals surface area contributed by atoms with Crippen LogP contribution in [0.2, 0.25) is 0 Å². The number of aliphatic carboxylic acids is 1. The van der Waals surface area contributed by atoms with Crippen LogP contribution in [-0.4, -0.2) is 16.6 Å². The Morgan fingerprint density at radius 1 is 1.70 bits per heavy atom. The van der Waals surface area contributed by atoms with E-state index in [4.69, 9.17) is 5.11 Å². The number of carboxylic acid groups (broad SMARTS) is 1. The Bertz CT molecular complexity index is 108. The molecule has 0 aliphatic carbocycles. The van der Waals surface area contributed by atoms with Crippen LogP contribution in [0.4, 0.5) is 0 Å². The first-order chi connectivity index (χ1) is 3.50. The number of hydrogen-bond acceptors (Lipinski definition) is 2. The standard InChI is InChI=1S/C5H9NO2.W.Y/c1-5(2,6-3)4(7)8;;/h6H,1,3H2,2H3,(H,7,8);;/q-2;+2;. The van der Waals surface area contributed by atoms with Crippen LogP contribution in [0.15, 0.2) is 0 Å². The number of rotatable bonds is 2. The molecule has 1 unspecified atom stereocenters. The Kier molecular flexibility index (Phi) is 12.0. The van der Waals surface area contributed by atoms with Gasteiger partial charge in [-0.15, -0.1) is 0 Å². The molecule has 5 heteroatoms. The second-order valence-electron chi connectivity index (χ2n) is 1.81. The molecule has 0 aromatic rings. The van der Waals surface area contributed by atoms with Crippen molar-refractivity contribution in [1.82, 2.24) is 5.32 Å². The second-order valence-corrected chi connectivity index (χ2v) is 1.81. The summed E-state index contributed by atoms with van der Waals surface area (Å²) < 4.78 is 0. The van der Waals surface area contributed by atoms with Gasteiger partial charge < -0.3 is 17.3 Å². The van der Waals surface area contributed by atoms with Crippen molar-refractivity contribution < 1.29 is 63.7 Å². The average molecular weight is 388 g/mol. The molecule has 0 aliphatic rings. The third-order valence-corrected chi connectivity index (χ3v) is 0.862. The smallest absolute Gasteiger partial charge is 0.484 e. The van der Waals surface area contributed by atoms with E-state index in [9.17, 15) is 4.79 Å². The molecular formula is C5H9NO2WY. The van der Waals surface area contributed by atoms with Crippen molar-refractivity contribution in [3.8, 4) is 0 Å². The Morgan fingerprint density at radius 2 is 2.00 bits per heavy atom. The third kappa shape index (κ3) is 5.97. The summed E-state index contributed by atoms with van der Waals surface area (Å²) in [6.07, 6.45) is 0. The van der Waals surface area contributed by atoms with Crippen molar-refractivity contribution in [2.75, 3.05) is 0 Å². The quantitative estimate of drug-likeness (QED) is 0.658. The molecule has 0 aromatic carbocycles. The maximum Gasteiger partial charge on any atom is 2.00 e. The zero-order valence-electron chi connectivity index (χ0n) is 5.76. The second kappa shape index (κ2) is 6.90. The van der Waals surface area contributed by atoms with Crippen LogP contribution in [0.1, 0.15) is 6.92 Å². The van der Waals surface area contributed by atoms with E-state index in [0.29, 0.717) is 0 Å². The molecule has 0 rings (SSSR count). The Morgan fingerprint density at radius 3 is 2.00 bits per heavy atom. The first-order valence-corrected chi connectivity index (χ1v) is 2.13. The van der Waals surface area contributed by atoms with Gasteiger partial charge in [0.1, 0.15) is 0 Å². The first-order valence-electron chi connectivity index (χ1n) is 2.13. The summed E-state index contributed by atoms with van der Waals surface area (Å²) in [7, 11) is 3.19. The first kappa shape index (κ1) is 17.3. The number of nitrogens with one attached hydrogen (secondary N) is 1. The van der Waals surface area contributed by atoms with Gasteiger partial charge in [-0.25, -0.2) is 0 Å². The summed E-state index contributed by atoms with van der Waals surface area (Å²) in [6, 6.07) is 0. The molecule has 0 heterocycles. The van der Waals surface area contributed by atoms with Gasteiger partial charge in [-0.2, -0.15) is 0 Å². The van der Waals surface area contributed by atoms with Crippen molar-refractivity contribution in [1.29, 1.82) is 0 Å². The van der Waals surface area contributed by atoms with Gasteiger partial charge in [-0.05, 0) is 5.54 Å². The third-order valence-electron chi connectivity index (χ3n) is 0.862. The Labute approximate surface area is 100 Å². The van der Waals surface area contributed by atoms with Crippen molar-refractivity contribution >= 4 is 5.97 Å². The molecule has 0 saturated carbocycles. The molecule has 0 aromatic heterocycles. The van der Waals surface area contributed by atoms with E-state index in [1.165, 1.54) is 6.92 Å². The maximum absolute atomic E-state index is 10.1. The molecule has 0 bridgehead atoms. The molecule has 0 spiro atoms. The van der Waals surface area contributed by atoms with E-state index in [1.807, 2.05) is 0 Å². The van der Waals surface area contributed by atoms with E-state index in [0.717, 1.165) is 0 Å². The summed E-state index contributed by atoms with van der Waals surface area (Å²) >= 11 is 0. The molecule has 0 fully saturated rings. The van der Waals surface area contributed by atoms with Crippen molar-refractivity contribution in [2.24, 2.45) is 0 Å². The number of carbonyl (C=O) groups is 1. The molecular weight excluding hydrogens is 379 g/mol. The topological polar surface area (TPSA) is 49.3 Å². The molecule has 0 aliphatic heterocycles. The van der Waals surface area contributed by atoms with Crippen molar-refractivity contribution in [2.45, 2.75) is 12.5 Å². The average Bonchev–Trinajstić information content (AvgIpc) is 1.67. The minimum atomic E-state index is -1.15. The number of carboxylic acids is 1. The van der Waals surface area contributed by atoms with Crippen LogP contribution < -0.4 is 5.32 Å². The minimum absolute atomic E-state index is 0. The van der Waals surface area contributed by atoms with E-state index in [1.54, 1.807) is 0 Å². The molecule has 1 atom stereocenters. The molecule has 2 N–H and O–H groups in total. The SMILES string of the molecule is [CH2-]NC([CH2-])(C)C(=O)O.[W+2].[Y]. The fourth-order valence-electron chi connectivity index (χ4n) is 0.0756. The van der Waals surface area contributed by atoms with E-state index in [-0.39, 0.29) is 53.8 Å². The zero-order valence-corrected chi connectivity index (χ0v) is 11.5. The van der Waals surface area contributed by atoms with Gasteiger partial charge in [0.2, 0.25) is 0 Å². The van der Waals surface area contributed by atoms with Crippen molar-refractivity contribution in [3.63, 3.8) is 0 Å². The molecule has 0 saturated heterocycles. The predicted octanol–water partition coefficient (Wildman–Crippen LogP) is 0.0400. The van der Waals surface area contributed by atoms with Gasteiger partial charge in [0.05, 0.1) is 0 Å². The summed E-state index contributed by atoms with van der Waals surface area (Å²) in [4.78, 5) is 10.1. The fraction of sp³-hybridized carbons (Fsp3) is 0.400. The maximum atomic E-state index is 10.1. The Balaban J connectivity index is -0.000000245.